The Labute approximate surface area is 102 Å². The molecule has 1 unspecified atom stereocenters. The van der Waals surface area contributed by atoms with Crippen molar-refractivity contribution in [3.05, 3.63) is 0 Å². The molecule has 5 nitrogen and oxygen atoms in total. The van der Waals surface area contributed by atoms with E-state index < -0.39 is 11.5 Å². The number of rotatable bonds is 5. The number of carboxylic acids is 1. The molecule has 0 bridgehead atoms. The minimum Gasteiger partial charge on any atom is -0.480 e. The van der Waals surface area contributed by atoms with E-state index in [0.29, 0.717) is 32.0 Å². The van der Waals surface area contributed by atoms with Crippen molar-refractivity contribution in [2.45, 2.75) is 51.6 Å². The largest absolute Gasteiger partial charge is 0.480 e. The molecule has 1 rings (SSSR count). The van der Waals surface area contributed by atoms with Crippen LogP contribution >= 0.6 is 0 Å². The Kier molecular flexibility index (Phi) is 4.51. The summed E-state index contributed by atoms with van der Waals surface area (Å²) in [6.45, 7) is 6.82. The summed E-state index contributed by atoms with van der Waals surface area (Å²) < 4.78 is 0. The average molecular weight is 242 g/mol. The number of aliphatic carboxylic acids is 1. The molecule has 1 amide bonds. The molecule has 1 fully saturated rings. The molecule has 2 N–H and O–H groups in total. The Bertz CT molecular complexity index is 304. The minimum atomic E-state index is -1.01. The lowest BCUT2D eigenvalue weighted by atomic mass is 9.99. The number of carbonyl (C=O) groups is 2. The van der Waals surface area contributed by atoms with E-state index in [9.17, 15) is 14.7 Å². The third-order valence-corrected chi connectivity index (χ3v) is 3.29. The second kappa shape index (κ2) is 5.49. The van der Waals surface area contributed by atoms with E-state index in [4.69, 9.17) is 0 Å². The summed E-state index contributed by atoms with van der Waals surface area (Å²) in [5, 5.41) is 12.4. The molecule has 1 saturated heterocycles. The van der Waals surface area contributed by atoms with Crippen molar-refractivity contribution in [1.82, 2.24) is 10.2 Å². The number of likely N-dealkylation sites (tertiary alicyclic amines) is 1. The maximum absolute atomic E-state index is 12.0. The Hall–Kier alpha value is -1.10. The number of nitrogens with zero attached hydrogens (tertiary/aromatic N) is 1. The number of amides is 1. The summed E-state index contributed by atoms with van der Waals surface area (Å²) in [6, 6.07) is 0.340. The van der Waals surface area contributed by atoms with Crippen molar-refractivity contribution in [1.29, 1.82) is 0 Å². The van der Waals surface area contributed by atoms with Gasteiger partial charge in [0.1, 0.15) is 5.54 Å². The first-order valence-corrected chi connectivity index (χ1v) is 6.15. The minimum absolute atomic E-state index is 0.0689. The lowest BCUT2D eigenvalue weighted by Gasteiger charge is -2.31. The van der Waals surface area contributed by atoms with Gasteiger partial charge in [-0.05, 0) is 19.8 Å². The third-order valence-electron chi connectivity index (χ3n) is 3.29. The zero-order chi connectivity index (χ0) is 13.1. The van der Waals surface area contributed by atoms with Crippen LogP contribution in [0.3, 0.4) is 0 Å². The van der Waals surface area contributed by atoms with Gasteiger partial charge in [-0.3, -0.25) is 4.79 Å². The van der Waals surface area contributed by atoms with Crippen LogP contribution in [-0.4, -0.2) is 46.6 Å². The van der Waals surface area contributed by atoms with Crippen LogP contribution in [0.15, 0.2) is 0 Å². The average Bonchev–Trinajstić information content (AvgIpc) is 2.61. The van der Waals surface area contributed by atoms with E-state index in [0.717, 1.165) is 6.42 Å². The van der Waals surface area contributed by atoms with Gasteiger partial charge in [0, 0.05) is 25.6 Å². The fourth-order valence-corrected chi connectivity index (χ4v) is 2.19. The SMILES string of the molecule is CC(C)NCCC(=O)N1CCCC1(C)C(=O)O. The van der Waals surface area contributed by atoms with Crippen LogP contribution in [0.5, 0.6) is 0 Å². The van der Waals surface area contributed by atoms with Gasteiger partial charge in [0.2, 0.25) is 5.91 Å². The number of carboxylic acid groups (broad SMARTS) is 1. The van der Waals surface area contributed by atoms with E-state index in [1.54, 1.807) is 6.92 Å². The Balaban J connectivity index is 2.54. The molecule has 0 aliphatic carbocycles. The van der Waals surface area contributed by atoms with E-state index in [1.807, 2.05) is 13.8 Å². The van der Waals surface area contributed by atoms with Gasteiger partial charge in [-0.25, -0.2) is 4.79 Å². The van der Waals surface area contributed by atoms with Crippen molar-refractivity contribution in [3.8, 4) is 0 Å². The zero-order valence-electron chi connectivity index (χ0n) is 10.8. The number of carbonyl (C=O) groups excluding carboxylic acids is 1. The van der Waals surface area contributed by atoms with E-state index in [-0.39, 0.29) is 5.91 Å². The quantitative estimate of drug-likeness (QED) is 0.749. The zero-order valence-corrected chi connectivity index (χ0v) is 10.8. The summed E-state index contributed by atoms with van der Waals surface area (Å²) in [5.41, 5.74) is -1.01. The molecule has 0 spiro atoms. The van der Waals surface area contributed by atoms with Gasteiger partial charge in [-0.15, -0.1) is 0 Å². The summed E-state index contributed by atoms with van der Waals surface area (Å²) in [5.74, 6) is -0.972. The molecule has 5 heteroatoms. The molecular weight excluding hydrogens is 220 g/mol. The maximum Gasteiger partial charge on any atom is 0.329 e. The second-order valence-electron chi connectivity index (χ2n) is 5.09. The highest BCUT2D eigenvalue weighted by molar-refractivity contribution is 5.87. The van der Waals surface area contributed by atoms with Crippen LogP contribution < -0.4 is 5.32 Å². The summed E-state index contributed by atoms with van der Waals surface area (Å²) in [7, 11) is 0. The topological polar surface area (TPSA) is 69.6 Å². The van der Waals surface area contributed by atoms with Crippen molar-refractivity contribution in [2.75, 3.05) is 13.1 Å². The van der Waals surface area contributed by atoms with Crippen LogP contribution in [0.4, 0.5) is 0 Å². The van der Waals surface area contributed by atoms with Gasteiger partial charge < -0.3 is 15.3 Å². The predicted octanol–water partition coefficient (Wildman–Crippen LogP) is 0.840. The van der Waals surface area contributed by atoms with Gasteiger partial charge in [0.15, 0.2) is 0 Å². The van der Waals surface area contributed by atoms with Crippen molar-refractivity contribution in [3.63, 3.8) is 0 Å². The normalized spacial score (nSPS) is 24.4. The van der Waals surface area contributed by atoms with Crippen LogP contribution in [0, 0.1) is 0 Å². The second-order valence-corrected chi connectivity index (χ2v) is 5.09. The smallest absolute Gasteiger partial charge is 0.329 e. The highest BCUT2D eigenvalue weighted by Gasteiger charge is 2.45. The van der Waals surface area contributed by atoms with Gasteiger partial charge in [-0.2, -0.15) is 0 Å². The molecule has 17 heavy (non-hydrogen) atoms. The fraction of sp³-hybridized carbons (Fsp3) is 0.833. The van der Waals surface area contributed by atoms with E-state index in [2.05, 4.69) is 5.32 Å². The summed E-state index contributed by atoms with van der Waals surface area (Å²) in [4.78, 5) is 24.7. The van der Waals surface area contributed by atoms with E-state index in [1.165, 1.54) is 4.90 Å². The lowest BCUT2D eigenvalue weighted by molar-refractivity contribution is -0.155. The monoisotopic (exact) mass is 242 g/mol. The molecule has 1 aliphatic heterocycles. The maximum atomic E-state index is 12.0. The summed E-state index contributed by atoms with van der Waals surface area (Å²) in [6.07, 6.45) is 1.68. The van der Waals surface area contributed by atoms with Crippen molar-refractivity contribution in [2.24, 2.45) is 0 Å². The van der Waals surface area contributed by atoms with Gasteiger partial charge in [-0.1, -0.05) is 13.8 Å². The molecule has 0 saturated carbocycles. The number of hydrogen-bond donors (Lipinski definition) is 2. The number of hydrogen-bond acceptors (Lipinski definition) is 3. The van der Waals surface area contributed by atoms with Crippen LogP contribution in [0.1, 0.15) is 40.0 Å². The first kappa shape index (κ1) is 14.0. The molecule has 98 valence electrons. The van der Waals surface area contributed by atoms with E-state index >= 15 is 0 Å². The van der Waals surface area contributed by atoms with Gasteiger partial charge in [0.25, 0.3) is 0 Å². The Morgan fingerprint density at radius 2 is 2.12 bits per heavy atom. The molecule has 1 aliphatic rings. The van der Waals surface area contributed by atoms with Crippen LogP contribution in [-0.2, 0) is 9.59 Å². The lowest BCUT2D eigenvalue weighted by Crippen LogP contribution is -2.51. The Morgan fingerprint density at radius 1 is 1.47 bits per heavy atom. The predicted molar refractivity (Wildman–Crippen MR) is 64.7 cm³/mol. The molecule has 0 aromatic carbocycles. The first-order valence-electron chi connectivity index (χ1n) is 6.15. The van der Waals surface area contributed by atoms with Crippen molar-refractivity contribution >= 4 is 11.9 Å². The fourth-order valence-electron chi connectivity index (χ4n) is 2.19. The molecule has 0 radical (unpaired) electrons. The molecule has 0 aromatic heterocycles. The first-order chi connectivity index (χ1) is 7.88. The highest BCUT2D eigenvalue weighted by Crippen LogP contribution is 2.29. The number of nitrogens with one attached hydrogen (secondary N) is 1. The van der Waals surface area contributed by atoms with Gasteiger partial charge in [0.05, 0.1) is 0 Å². The highest BCUT2D eigenvalue weighted by atomic mass is 16.4. The van der Waals surface area contributed by atoms with Crippen molar-refractivity contribution < 1.29 is 14.7 Å². The standard InChI is InChI=1S/C12H22N2O3/c1-9(2)13-7-5-10(15)14-8-4-6-12(14,3)11(16)17/h9,13H,4-8H2,1-3H3,(H,16,17). The molecular formula is C12H22N2O3. The molecule has 0 aromatic rings. The third kappa shape index (κ3) is 3.19. The molecule has 1 atom stereocenters. The molecule has 1 heterocycles. The van der Waals surface area contributed by atoms with Crippen LogP contribution in [0.25, 0.3) is 0 Å². The van der Waals surface area contributed by atoms with Gasteiger partial charge >= 0.3 is 5.97 Å². The summed E-state index contributed by atoms with van der Waals surface area (Å²) >= 11 is 0. The Morgan fingerprint density at radius 3 is 2.65 bits per heavy atom. The van der Waals surface area contributed by atoms with Crippen LogP contribution in [0.2, 0.25) is 0 Å².